The van der Waals surface area contributed by atoms with Gasteiger partial charge in [0.05, 0.1) is 0 Å². The van der Waals surface area contributed by atoms with Crippen molar-refractivity contribution >= 4 is 38.6 Å². The zero-order chi connectivity index (χ0) is 11.4. The highest BCUT2D eigenvalue weighted by Crippen LogP contribution is 2.28. The van der Waals surface area contributed by atoms with Crippen LogP contribution in [0, 0.1) is 0 Å². The molecule has 0 amide bonds. The van der Waals surface area contributed by atoms with Gasteiger partial charge in [-0.1, -0.05) is 0 Å². The van der Waals surface area contributed by atoms with E-state index in [0.717, 1.165) is 13.0 Å². The van der Waals surface area contributed by atoms with E-state index in [2.05, 4.69) is 56.4 Å². The number of rotatable bonds is 5. The molecule has 0 aliphatic carbocycles. The summed E-state index contributed by atoms with van der Waals surface area (Å²) in [5.74, 6) is 0. The van der Waals surface area contributed by atoms with Crippen LogP contribution < -0.4 is 5.32 Å². The molecule has 1 N–H and O–H groups in total. The molecule has 86 valence electrons. The van der Waals surface area contributed by atoms with Gasteiger partial charge in [0.1, 0.15) is 0 Å². The van der Waals surface area contributed by atoms with E-state index in [-0.39, 0.29) is 0 Å². The van der Waals surface area contributed by atoms with Gasteiger partial charge in [-0.25, -0.2) is 0 Å². The first kappa shape index (κ1) is 12.3. The quantitative estimate of drug-likeness (QED) is 0.858. The molecule has 0 aliphatic rings. The predicted octanol–water partition coefficient (Wildman–Crippen LogP) is 4.47. The maximum absolute atomic E-state index is 3.57. The van der Waals surface area contributed by atoms with Crippen LogP contribution in [0.2, 0.25) is 0 Å². The Morgan fingerprint density at radius 1 is 1.38 bits per heavy atom. The van der Waals surface area contributed by atoms with E-state index >= 15 is 0 Å². The first-order chi connectivity index (χ1) is 7.77. The zero-order valence-electron chi connectivity index (χ0n) is 9.07. The molecule has 0 aromatic carbocycles. The number of thiophene rings is 2. The van der Waals surface area contributed by atoms with Crippen molar-refractivity contribution in [2.24, 2.45) is 0 Å². The lowest BCUT2D eigenvalue weighted by Crippen LogP contribution is -2.20. The van der Waals surface area contributed by atoms with Crippen LogP contribution in [0.3, 0.4) is 0 Å². The van der Waals surface area contributed by atoms with Gasteiger partial charge in [-0.05, 0) is 69.7 Å². The van der Waals surface area contributed by atoms with E-state index in [1.807, 2.05) is 0 Å². The molecule has 0 saturated heterocycles. The monoisotopic (exact) mass is 315 g/mol. The normalized spacial score (nSPS) is 12.9. The predicted molar refractivity (Wildman–Crippen MR) is 76.5 cm³/mol. The van der Waals surface area contributed by atoms with Gasteiger partial charge in [-0.3, -0.25) is 0 Å². The molecule has 2 rings (SSSR count). The molecule has 0 fully saturated rings. The molecule has 0 radical (unpaired) electrons. The van der Waals surface area contributed by atoms with Crippen molar-refractivity contribution in [3.05, 3.63) is 43.2 Å². The van der Waals surface area contributed by atoms with Crippen LogP contribution in [0.4, 0.5) is 0 Å². The average Bonchev–Trinajstić information content (AvgIpc) is 2.88. The lowest BCUT2D eigenvalue weighted by atomic mass is 10.2. The van der Waals surface area contributed by atoms with Crippen LogP contribution in [0.1, 0.15) is 23.4 Å². The summed E-state index contributed by atoms with van der Waals surface area (Å²) in [4.78, 5) is 1.38. The van der Waals surface area contributed by atoms with E-state index < -0.39 is 0 Å². The van der Waals surface area contributed by atoms with E-state index in [1.54, 1.807) is 22.7 Å². The van der Waals surface area contributed by atoms with Crippen LogP contribution in [0.5, 0.6) is 0 Å². The number of halogens is 1. The van der Waals surface area contributed by atoms with Gasteiger partial charge in [-0.2, -0.15) is 11.3 Å². The molecule has 1 atom stereocenters. The van der Waals surface area contributed by atoms with E-state index in [4.69, 9.17) is 0 Å². The lowest BCUT2D eigenvalue weighted by Gasteiger charge is -2.12. The summed E-state index contributed by atoms with van der Waals surface area (Å²) in [6.07, 6.45) is 1.11. The topological polar surface area (TPSA) is 12.0 Å². The number of hydrogen-bond acceptors (Lipinski definition) is 3. The van der Waals surface area contributed by atoms with Crippen LogP contribution >= 0.6 is 38.6 Å². The van der Waals surface area contributed by atoms with Gasteiger partial charge >= 0.3 is 0 Å². The van der Waals surface area contributed by atoms with Gasteiger partial charge in [0, 0.05) is 15.4 Å². The summed E-state index contributed by atoms with van der Waals surface area (Å²) < 4.78 is 1.22. The first-order valence-corrected chi connectivity index (χ1v) is 7.86. The van der Waals surface area contributed by atoms with E-state index in [1.165, 1.54) is 14.9 Å². The highest BCUT2D eigenvalue weighted by molar-refractivity contribution is 9.10. The second-order valence-electron chi connectivity index (χ2n) is 3.69. The summed E-state index contributed by atoms with van der Waals surface area (Å²) in [6, 6.07) is 4.72. The smallest absolute Gasteiger partial charge is 0.0397 e. The second kappa shape index (κ2) is 5.96. The molecule has 2 aromatic heterocycles. The standard InChI is InChI=1S/C12H14BrNS2/c1-9(12-11(13)4-7-16-12)14-5-2-10-3-6-15-8-10/h3-4,6-9,14H,2,5H2,1H3. The maximum Gasteiger partial charge on any atom is 0.0397 e. The van der Waals surface area contributed by atoms with E-state index in [9.17, 15) is 0 Å². The lowest BCUT2D eigenvalue weighted by molar-refractivity contribution is 0.583. The third-order valence-corrected chi connectivity index (χ3v) is 5.27. The second-order valence-corrected chi connectivity index (χ2v) is 6.27. The van der Waals surface area contributed by atoms with Crippen molar-refractivity contribution in [3.63, 3.8) is 0 Å². The van der Waals surface area contributed by atoms with Crippen molar-refractivity contribution in [1.82, 2.24) is 5.32 Å². The number of hydrogen-bond donors (Lipinski definition) is 1. The van der Waals surface area contributed by atoms with E-state index in [0.29, 0.717) is 6.04 Å². The molecule has 0 saturated carbocycles. The van der Waals surface area contributed by atoms with Gasteiger partial charge in [0.15, 0.2) is 0 Å². The fourth-order valence-corrected chi connectivity index (χ4v) is 4.03. The molecule has 16 heavy (non-hydrogen) atoms. The molecular formula is C12H14BrNS2. The Labute approximate surface area is 113 Å². The molecule has 2 aromatic rings. The van der Waals surface area contributed by atoms with Crippen LogP contribution in [0.25, 0.3) is 0 Å². The highest BCUT2D eigenvalue weighted by atomic mass is 79.9. The molecular weight excluding hydrogens is 302 g/mol. The molecule has 0 spiro atoms. The van der Waals surface area contributed by atoms with Crippen molar-refractivity contribution in [3.8, 4) is 0 Å². The fourth-order valence-electron chi connectivity index (χ4n) is 1.57. The minimum absolute atomic E-state index is 0.424. The van der Waals surface area contributed by atoms with Crippen molar-refractivity contribution in [2.75, 3.05) is 6.54 Å². The molecule has 1 nitrogen and oxygen atoms in total. The molecule has 0 bridgehead atoms. The summed E-state index contributed by atoms with van der Waals surface area (Å²) in [7, 11) is 0. The summed E-state index contributed by atoms with van der Waals surface area (Å²) in [5, 5.41) is 10.0. The van der Waals surface area contributed by atoms with Crippen LogP contribution in [-0.4, -0.2) is 6.54 Å². The fraction of sp³-hybridized carbons (Fsp3) is 0.333. The molecule has 2 heterocycles. The Morgan fingerprint density at radius 3 is 2.88 bits per heavy atom. The van der Waals surface area contributed by atoms with Crippen molar-refractivity contribution < 1.29 is 0 Å². The van der Waals surface area contributed by atoms with Crippen LogP contribution in [-0.2, 0) is 6.42 Å². The zero-order valence-corrected chi connectivity index (χ0v) is 12.3. The van der Waals surface area contributed by atoms with Crippen molar-refractivity contribution in [2.45, 2.75) is 19.4 Å². The molecule has 0 aliphatic heterocycles. The SMILES string of the molecule is CC(NCCc1ccsc1)c1sccc1Br. The third kappa shape index (κ3) is 3.17. The summed E-state index contributed by atoms with van der Waals surface area (Å²) in [5.41, 5.74) is 1.43. The Balaban J connectivity index is 1.80. The molecule has 4 heteroatoms. The number of nitrogens with one attached hydrogen (secondary N) is 1. The van der Waals surface area contributed by atoms with Crippen LogP contribution in [0.15, 0.2) is 32.7 Å². The molecule has 1 unspecified atom stereocenters. The van der Waals surface area contributed by atoms with Gasteiger partial charge < -0.3 is 5.32 Å². The van der Waals surface area contributed by atoms with Gasteiger partial charge in [-0.15, -0.1) is 11.3 Å². The van der Waals surface area contributed by atoms with Gasteiger partial charge in [0.2, 0.25) is 0 Å². The summed E-state index contributed by atoms with van der Waals surface area (Å²) in [6.45, 7) is 3.24. The summed E-state index contributed by atoms with van der Waals surface area (Å²) >= 11 is 7.13. The Kier molecular flexibility index (Phi) is 4.58. The van der Waals surface area contributed by atoms with Gasteiger partial charge in [0.25, 0.3) is 0 Å². The minimum Gasteiger partial charge on any atom is -0.309 e. The Bertz CT molecular complexity index is 422. The largest absolute Gasteiger partial charge is 0.309 e. The first-order valence-electron chi connectivity index (χ1n) is 5.24. The van der Waals surface area contributed by atoms with Crippen molar-refractivity contribution in [1.29, 1.82) is 0 Å². The third-order valence-electron chi connectivity index (χ3n) is 2.48. The Hall–Kier alpha value is -0.160. The highest BCUT2D eigenvalue weighted by Gasteiger charge is 2.09. The maximum atomic E-state index is 3.57. The Morgan fingerprint density at radius 2 is 2.25 bits per heavy atom. The average molecular weight is 316 g/mol. The minimum atomic E-state index is 0.424.